The molecule has 0 spiro atoms. The van der Waals surface area contributed by atoms with E-state index in [4.69, 9.17) is 4.74 Å². The summed E-state index contributed by atoms with van der Waals surface area (Å²) in [4.78, 5) is 29.6. The number of carbonyl (C=O) groups excluding carboxylic acids is 2. The lowest BCUT2D eigenvalue weighted by atomic mass is 9.99. The highest BCUT2D eigenvalue weighted by Gasteiger charge is 2.17. The van der Waals surface area contributed by atoms with Crippen molar-refractivity contribution in [2.75, 3.05) is 14.1 Å². The quantitative estimate of drug-likeness (QED) is 0.807. The Bertz CT molecular complexity index is 889. The monoisotopic (exact) mass is 387 g/mol. The molecule has 0 aliphatic heterocycles. The van der Waals surface area contributed by atoms with Crippen molar-refractivity contribution in [1.29, 1.82) is 0 Å². The van der Waals surface area contributed by atoms with E-state index in [1.165, 1.54) is 11.1 Å². The maximum atomic E-state index is 14.3. The molecule has 2 aromatic rings. The van der Waals surface area contributed by atoms with Crippen molar-refractivity contribution >= 4 is 12.0 Å². The van der Waals surface area contributed by atoms with Crippen molar-refractivity contribution in [1.82, 2.24) is 15.2 Å². The second kappa shape index (κ2) is 8.37. The number of nitrogens with one attached hydrogen (secondary N) is 1. The minimum atomic E-state index is -0.619. The third kappa shape index (κ3) is 5.77. The van der Waals surface area contributed by atoms with Crippen LogP contribution in [0.25, 0.3) is 11.1 Å². The molecule has 0 bridgehead atoms. The van der Waals surface area contributed by atoms with Crippen LogP contribution >= 0.6 is 0 Å². The van der Waals surface area contributed by atoms with Crippen LogP contribution in [-0.4, -0.2) is 41.6 Å². The Labute approximate surface area is 164 Å². The van der Waals surface area contributed by atoms with Crippen LogP contribution in [0, 0.1) is 12.9 Å². The predicted octanol–water partition coefficient (Wildman–Crippen LogP) is 3.92. The van der Waals surface area contributed by atoms with Gasteiger partial charge in [-0.2, -0.15) is 4.39 Å². The van der Waals surface area contributed by atoms with Crippen LogP contribution < -0.4 is 5.32 Å². The molecule has 0 atom stereocenters. The minimum absolute atomic E-state index is 0.136. The van der Waals surface area contributed by atoms with Crippen molar-refractivity contribution in [3.05, 3.63) is 53.1 Å². The Morgan fingerprint density at radius 3 is 2.46 bits per heavy atom. The number of hydrogen-bond acceptors (Lipinski definition) is 4. The van der Waals surface area contributed by atoms with Gasteiger partial charge >= 0.3 is 6.09 Å². The minimum Gasteiger partial charge on any atom is -0.444 e. The standard InChI is InChI=1S/C21H26FN3O3/c1-13-7-17(18(22)23-11-13)15-8-14(9-16(10-15)19(26)25(5)6)12-24-20(27)28-21(2,3)4/h7-11H,12H2,1-6H3,(H,24,27). The van der Waals surface area contributed by atoms with E-state index in [9.17, 15) is 14.0 Å². The summed E-state index contributed by atoms with van der Waals surface area (Å²) < 4.78 is 19.5. The third-order valence-corrected chi connectivity index (χ3v) is 3.77. The van der Waals surface area contributed by atoms with Crippen molar-refractivity contribution in [3.63, 3.8) is 0 Å². The van der Waals surface area contributed by atoms with Crippen molar-refractivity contribution in [2.45, 2.75) is 39.8 Å². The fraction of sp³-hybridized carbons (Fsp3) is 0.381. The number of ether oxygens (including phenoxy) is 1. The molecule has 2 rings (SSSR count). The number of carbonyl (C=O) groups is 2. The fourth-order valence-corrected chi connectivity index (χ4v) is 2.57. The van der Waals surface area contributed by atoms with Crippen molar-refractivity contribution in [3.8, 4) is 11.1 Å². The van der Waals surface area contributed by atoms with E-state index in [0.717, 1.165) is 5.56 Å². The number of hydrogen-bond donors (Lipinski definition) is 1. The summed E-state index contributed by atoms with van der Waals surface area (Å²) in [5.41, 5.74) is 2.04. The zero-order valence-electron chi connectivity index (χ0n) is 17.1. The Morgan fingerprint density at radius 2 is 1.86 bits per heavy atom. The number of benzene rings is 1. The molecule has 28 heavy (non-hydrogen) atoms. The highest BCUT2D eigenvalue weighted by Crippen LogP contribution is 2.26. The number of rotatable bonds is 4. The van der Waals surface area contributed by atoms with E-state index < -0.39 is 17.6 Å². The van der Waals surface area contributed by atoms with Gasteiger partial charge in [0.05, 0.1) is 0 Å². The van der Waals surface area contributed by atoms with Gasteiger partial charge in [-0.15, -0.1) is 0 Å². The molecular weight excluding hydrogens is 361 g/mol. The van der Waals surface area contributed by atoms with Crippen LogP contribution in [-0.2, 0) is 11.3 Å². The number of aromatic nitrogens is 1. The lowest BCUT2D eigenvalue weighted by Crippen LogP contribution is -2.32. The van der Waals surface area contributed by atoms with Gasteiger partial charge in [-0.3, -0.25) is 4.79 Å². The van der Waals surface area contributed by atoms with Crippen LogP contribution in [0.4, 0.5) is 9.18 Å². The van der Waals surface area contributed by atoms with E-state index in [1.54, 1.807) is 59.1 Å². The molecule has 7 heteroatoms. The summed E-state index contributed by atoms with van der Waals surface area (Å²) in [5, 5.41) is 2.66. The Morgan fingerprint density at radius 1 is 1.18 bits per heavy atom. The van der Waals surface area contributed by atoms with Crippen LogP contribution in [0.3, 0.4) is 0 Å². The molecule has 6 nitrogen and oxygen atoms in total. The molecule has 0 saturated carbocycles. The van der Waals surface area contributed by atoms with Gasteiger partial charge in [-0.1, -0.05) is 0 Å². The molecule has 0 saturated heterocycles. The van der Waals surface area contributed by atoms with Crippen LogP contribution in [0.5, 0.6) is 0 Å². The molecule has 0 aliphatic carbocycles. The predicted molar refractivity (Wildman–Crippen MR) is 105 cm³/mol. The SMILES string of the molecule is Cc1cnc(F)c(-c2cc(CNC(=O)OC(C)(C)C)cc(C(=O)N(C)C)c2)c1. The van der Waals surface area contributed by atoms with Gasteiger partial charge in [0.25, 0.3) is 5.91 Å². The molecule has 0 unspecified atom stereocenters. The van der Waals surface area contributed by atoms with E-state index in [1.807, 2.05) is 6.92 Å². The molecule has 1 aromatic heterocycles. The largest absolute Gasteiger partial charge is 0.444 e. The zero-order valence-corrected chi connectivity index (χ0v) is 17.1. The number of nitrogens with zero attached hydrogens (tertiary/aromatic N) is 2. The molecule has 2 amide bonds. The number of aryl methyl sites for hydroxylation is 1. The number of alkyl carbamates (subject to hydrolysis) is 1. The molecule has 1 N–H and O–H groups in total. The molecule has 0 aliphatic rings. The van der Waals surface area contributed by atoms with Gasteiger partial charge in [0.15, 0.2) is 0 Å². The van der Waals surface area contributed by atoms with Gasteiger partial charge in [0.1, 0.15) is 5.60 Å². The second-order valence-electron chi connectivity index (χ2n) is 7.82. The van der Waals surface area contributed by atoms with Gasteiger partial charge in [0, 0.05) is 38.0 Å². The maximum absolute atomic E-state index is 14.3. The second-order valence-corrected chi connectivity index (χ2v) is 7.82. The summed E-state index contributed by atoms with van der Waals surface area (Å²) in [6.07, 6.45) is 0.875. The van der Waals surface area contributed by atoms with E-state index in [2.05, 4.69) is 10.3 Å². The maximum Gasteiger partial charge on any atom is 0.407 e. The Hall–Kier alpha value is -2.96. The first-order valence-corrected chi connectivity index (χ1v) is 8.91. The zero-order chi connectivity index (χ0) is 21.1. The van der Waals surface area contributed by atoms with Crippen LogP contribution in [0.15, 0.2) is 30.5 Å². The number of halogens is 1. The van der Waals surface area contributed by atoms with Gasteiger partial charge in [-0.05, 0) is 68.7 Å². The van der Waals surface area contributed by atoms with E-state index in [-0.39, 0.29) is 12.5 Å². The smallest absolute Gasteiger partial charge is 0.407 e. The van der Waals surface area contributed by atoms with Crippen LogP contribution in [0.1, 0.15) is 42.3 Å². The average molecular weight is 387 g/mol. The topological polar surface area (TPSA) is 71.5 Å². The first-order valence-electron chi connectivity index (χ1n) is 8.91. The van der Waals surface area contributed by atoms with E-state index in [0.29, 0.717) is 22.3 Å². The molecule has 0 radical (unpaired) electrons. The summed E-state index contributed by atoms with van der Waals surface area (Å²) in [5.74, 6) is -0.840. The number of pyridine rings is 1. The first kappa shape index (κ1) is 21.3. The van der Waals surface area contributed by atoms with Gasteiger partial charge in [-0.25, -0.2) is 9.78 Å². The molecular formula is C21H26FN3O3. The molecule has 1 heterocycles. The first-order chi connectivity index (χ1) is 13.0. The third-order valence-electron chi connectivity index (χ3n) is 3.77. The van der Waals surface area contributed by atoms with Crippen molar-refractivity contribution in [2.24, 2.45) is 0 Å². The highest BCUT2D eigenvalue weighted by molar-refractivity contribution is 5.95. The molecule has 0 fully saturated rings. The van der Waals surface area contributed by atoms with Gasteiger partial charge < -0.3 is 15.0 Å². The fourth-order valence-electron chi connectivity index (χ4n) is 2.57. The molecule has 1 aromatic carbocycles. The lowest BCUT2D eigenvalue weighted by Gasteiger charge is -2.20. The summed E-state index contributed by atoms with van der Waals surface area (Å²) in [7, 11) is 3.28. The van der Waals surface area contributed by atoms with Crippen molar-refractivity contribution < 1.29 is 18.7 Å². The number of amides is 2. The molecule has 150 valence electrons. The normalized spacial score (nSPS) is 11.1. The van der Waals surface area contributed by atoms with E-state index >= 15 is 0 Å². The lowest BCUT2D eigenvalue weighted by molar-refractivity contribution is 0.0523. The highest BCUT2D eigenvalue weighted by atomic mass is 19.1. The van der Waals surface area contributed by atoms with Gasteiger partial charge in [0.2, 0.25) is 5.95 Å². The average Bonchev–Trinajstić information content (AvgIpc) is 2.59. The summed E-state index contributed by atoms with van der Waals surface area (Å²) in [6, 6.07) is 6.69. The Kier molecular flexibility index (Phi) is 6.38. The Balaban J connectivity index is 2.39. The summed E-state index contributed by atoms with van der Waals surface area (Å²) >= 11 is 0. The summed E-state index contributed by atoms with van der Waals surface area (Å²) in [6.45, 7) is 7.27. The van der Waals surface area contributed by atoms with Crippen LogP contribution in [0.2, 0.25) is 0 Å².